The molecular weight excluding hydrogens is 248 g/mol. The van der Waals surface area contributed by atoms with Crippen LogP contribution in [-0.4, -0.2) is 77.5 Å². The van der Waals surface area contributed by atoms with Gasteiger partial charge in [0, 0.05) is 39.8 Å². The molecule has 1 aliphatic rings. The fourth-order valence-corrected chi connectivity index (χ4v) is 1.98. The maximum Gasteiger partial charge on any atom is 0.317 e. The summed E-state index contributed by atoms with van der Waals surface area (Å²) in [6.45, 7) is 5.29. The second-order valence-corrected chi connectivity index (χ2v) is 4.41. The molecule has 8 nitrogen and oxygen atoms in total. The minimum absolute atomic E-state index is 0.0530. The molecule has 0 spiro atoms. The Morgan fingerprint density at radius 1 is 1.47 bits per heavy atom. The first-order valence-electron chi connectivity index (χ1n) is 6.38. The maximum atomic E-state index is 11.9. The van der Waals surface area contributed by atoms with Crippen molar-refractivity contribution in [3.05, 3.63) is 12.2 Å². The molecule has 0 aromatic carbocycles. The molecule has 1 saturated heterocycles. The number of amides is 2. The third-order valence-corrected chi connectivity index (χ3v) is 3.14. The first-order valence-corrected chi connectivity index (χ1v) is 6.38. The second kappa shape index (κ2) is 7.05. The lowest BCUT2D eigenvalue weighted by Crippen LogP contribution is -2.52. The predicted octanol–water partition coefficient (Wildman–Crippen LogP) is -0.722. The van der Waals surface area contributed by atoms with E-state index >= 15 is 0 Å². The van der Waals surface area contributed by atoms with Crippen LogP contribution in [0.4, 0.5) is 4.79 Å². The van der Waals surface area contributed by atoms with Crippen LogP contribution < -0.4 is 5.32 Å². The number of carbonyl (C=O) groups excluding carboxylic acids is 1. The molecule has 0 aliphatic carbocycles. The van der Waals surface area contributed by atoms with Crippen LogP contribution in [0, 0.1) is 0 Å². The fourth-order valence-electron chi connectivity index (χ4n) is 1.98. The van der Waals surface area contributed by atoms with E-state index in [0.29, 0.717) is 12.4 Å². The van der Waals surface area contributed by atoms with Crippen LogP contribution >= 0.6 is 0 Å². The molecule has 0 atom stereocenters. The van der Waals surface area contributed by atoms with Gasteiger partial charge in [0.1, 0.15) is 12.2 Å². The highest BCUT2D eigenvalue weighted by Crippen LogP contribution is 2.02. The quantitative estimate of drug-likeness (QED) is 0.736. The minimum Gasteiger partial charge on any atom is -0.383 e. The highest BCUT2D eigenvalue weighted by molar-refractivity contribution is 5.74. The van der Waals surface area contributed by atoms with Crippen molar-refractivity contribution >= 4 is 6.03 Å². The number of hydrogen-bond acceptors (Lipinski definition) is 5. The van der Waals surface area contributed by atoms with Gasteiger partial charge in [-0.2, -0.15) is 5.10 Å². The van der Waals surface area contributed by atoms with Gasteiger partial charge in [0.25, 0.3) is 0 Å². The topological polar surface area (TPSA) is 86.4 Å². The Hall–Kier alpha value is -1.67. The molecule has 106 valence electrons. The van der Waals surface area contributed by atoms with Crippen LogP contribution in [0.3, 0.4) is 0 Å². The fraction of sp³-hybridized carbons (Fsp3) is 0.727. The summed E-state index contributed by atoms with van der Waals surface area (Å²) in [5.41, 5.74) is 0. The van der Waals surface area contributed by atoms with Crippen LogP contribution in [0.25, 0.3) is 0 Å². The third kappa shape index (κ3) is 4.18. The Bertz CT molecular complexity index is 375. The van der Waals surface area contributed by atoms with Crippen LogP contribution in [-0.2, 0) is 11.3 Å². The van der Waals surface area contributed by atoms with Crippen LogP contribution in [0.5, 0.6) is 0 Å². The number of aromatic nitrogens is 3. The van der Waals surface area contributed by atoms with E-state index < -0.39 is 0 Å². The summed E-state index contributed by atoms with van der Waals surface area (Å²) in [6, 6.07) is -0.0530. The van der Waals surface area contributed by atoms with Crippen molar-refractivity contribution in [2.75, 3.05) is 46.4 Å². The molecule has 0 bridgehead atoms. The number of H-pyrrole nitrogens is 1. The molecule has 1 fully saturated rings. The molecule has 1 aromatic rings. The van der Waals surface area contributed by atoms with E-state index in [4.69, 9.17) is 4.74 Å². The molecule has 1 aromatic heterocycles. The van der Waals surface area contributed by atoms with Crippen molar-refractivity contribution in [2.45, 2.75) is 6.54 Å². The number of hydrogen-bond donors (Lipinski definition) is 2. The predicted molar refractivity (Wildman–Crippen MR) is 68.5 cm³/mol. The van der Waals surface area contributed by atoms with E-state index in [-0.39, 0.29) is 6.03 Å². The molecule has 0 unspecified atom stereocenters. The lowest BCUT2D eigenvalue weighted by atomic mass is 10.3. The van der Waals surface area contributed by atoms with E-state index in [9.17, 15) is 4.79 Å². The highest BCUT2D eigenvalue weighted by Gasteiger charge is 2.20. The third-order valence-electron chi connectivity index (χ3n) is 3.14. The van der Waals surface area contributed by atoms with Crippen molar-refractivity contribution in [1.82, 2.24) is 30.3 Å². The molecule has 2 amide bonds. The van der Waals surface area contributed by atoms with E-state index in [0.717, 1.165) is 39.3 Å². The molecule has 0 radical (unpaired) electrons. The molecule has 19 heavy (non-hydrogen) atoms. The number of methoxy groups -OCH3 is 1. The molecular formula is C11H20N6O2. The highest BCUT2D eigenvalue weighted by atomic mass is 16.5. The number of piperazine rings is 1. The van der Waals surface area contributed by atoms with Gasteiger partial charge in [-0.3, -0.25) is 10.00 Å². The minimum atomic E-state index is -0.0530. The molecule has 8 heteroatoms. The number of ether oxygens (including phenoxy) is 1. The zero-order chi connectivity index (χ0) is 13.5. The monoisotopic (exact) mass is 268 g/mol. The number of aromatic amines is 1. The lowest BCUT2D eigenvalue weighted by Gasteiger charge is -2.34. The second-order valence-electron chi connectivity index (χ2n) is 4.41. The summed E-state index contributed by atoms with van der Waals surface area (Å²) in [7, 11) is 1.70. The van der Waals surface area contributed by atoms with Crippen LogP contribution in [0.15, 0.2) is 6.33 Å². The zero-order valence-electron chi connectivity index (χ0n) is 11.1. The zero-order valence-corrected chi connectivity index (χ0v) is 11.1. The normalized spacial score (nSPS) is 16.6. The number of carbonyl (C=O) groups is 1. The summed E-state index contributed by atoms with van der Waals surface area (Å²) in [5, 5.41) is 9.26. The van der Waals surface area contributed by atoms with Crippen molar-refractivity contribution in [1.29, 1.82) is 0 Å². The van der Waals surface area contributed by atoms with Gasteiger partial charge in [0.2, 0.25) is 0 Å². The molecule has 2 rings (SSSR count). The van der Waals surface area contributed by atoms with Gasteiger partial charge in [-0.1, -0.05) is 0 Å². The van der Waals surface area contributed by atoms with Crippen molar-refractivity contribution in [2.24, 2.45) is 0 Å². The number of urea groups is 1. The first kappa shape index (κ1) is 13.8. The van der Waals surface area contributed by atoms with Gasteiger partial charge >= 0.3 is 6.03 Å². The number of nitrogens with one attached hydrogen (secondary N) is 2. The van der Waals surface area contributed by atoms with Gasteiger partial charge in [-0.25, -0.2) is 9.78 Å². The SMILES string of the molecule is COCCN1CCN(C(=O)NCc2ncn[nH]2)CC1. The van der Waals surface area contributed by atoms with Crippen LogP contribution in [0.1, 0.15) is 5.82 Å². The van der Waals surface area contributed by atoms with Crippen LogP contribution in [0.2, 0.25) is 0 Å². The van der Waals surface area contributed by atoms with Gasteiger partial charge in [0.05, 0.1) is 13.2 Å². The Labute approximate surface area is 112 Å². The Morgan fingerprint density at radius 3 is 2.89 bits per heavy atom. The van der Waals surface area contributed by atoms with Gasteiger partial charge in [-0.05, 0) is 0 Å². The van der Waals surface area contributed by atoms with Crippen molar-refractivity contribution < 1.29 is 9.53 Å². The Balaban J connectivity index is 1.67. The average Bonchev–Trinajstić information content (AvgIpc) is 2.96. The molecule has 0 saturated carbocycles. The lowest BCUT2D eigenvalue weighted by molar-refractivity contribution is 0.106. The van der Waals surface area contributed by atoms with Gasteiger partial charge in [0.15, 0.2) is 0 Å². The van der Waals surface area contributed by atoms with Crippen molar-refractivity contribution in [3.63, 3.8) is 0 Å². The van der Waals surface area contributed by atoms with Crippen molar-refractivity contribution in [3.8, 4) is 0 Å². The summed E-state index contributed by atoms with van der Waals surface area (Å²) in [5.74, 6) is 0.659. The van der Waals surface area contributed by atoms with E-state index in [1.807, 2.05) is 4.90 Å². The standard InChI is InChI=1S/C11H20N6O2/c1-19-7-6-16-2-4-17(5-3-16)11(18)12-8-10-13-9-14-15-10/h9H,2-8H2,1H3,(H,12,18)(H,13,14,15). The summed E-state index contributed by atoms with van der Waals surface area (Å²) in [4.78, 5) is 20.0. The smallest absolute Gasteiger partial charge is 0.317 e. The maximum absolute atomic E-state index is 11.9. The van der Waals surface area contributed by atoms with E-state index in [1.54, 1.807) is 7.11 Å². The summed E-state index contributed by atoms with van der Waals surface area (Å²) < 4.78 is 5.05. The van der Waals surface area contributed by atoms with E-state index in [2.05, 4.69) is 25.4 Å². The molecule has 1 aliphatic heterocycles. The summed E-state index contributed by atoms with van der Waals surface area (Å²) >= 11 is 0. The van der Waals surface area contributed by atoms with Gasteiger partial charge < -0.3 is 15.0 Å². The summed E-state index contributed by atoms with van der Waals surface area (Å²) in [6.07, 6.45) is 1.43. The molecule has 2 heterocycles. The Morgan fingerprint density at radius 2 is 2.26 bits per heavy atom. The Kier molecular flexibility index (Phi) is 5.10. The molecule has 2 N–H and O–H groups in total. The van der Waals surface area contributed by atoms with E-state index in [1.165, 1.54) is 6.33 Å². The number of rotatable bonds is 5. The largest absolute Gasteiger partial charge is 0.383 e. The first-order chi connectivity index (χ1) is 9.29. The number of nitrogens with zero attached hydrogens (tertiary/aromatic N) is 4. The average molecular weight is 268 g/mol. The van der Waals surface area contributed by atoms with Gasteiger partial charge in [-0.15, -0.1) is 0 Å².